The highest BCUT2D eigenvalue weighted by Gasteiger charge is 2.28. The van der Waals surface area contributed by atoms with Gasteiger partial charge in [0, 0.05) is 12.1 Å². The Balaban J connectivity index is 1.89. The number of nitrogens with two attached hydrogens (primary N) is 1. The van der Waals surface area contributed by atoms with Gasteiger partial charge in [-0.05, 0) is 30.5 Å². The molecule has 0 radical (unpaired) electrons. The van der Waals surface area contributed by atoms with Gasteiger partial charge in [0.1, 0.15) is 0 Å². The van der Waals surface area contributed by atoms with E-state index in [1.165, 1.54) is 0 Å². The van der Waals surface area contributed by atoms with E-state index in [2.05, 4.69) is 10.5 Å². The maximum absolute atomic E-state index is 12.6. The lowest BCUT2D eigenvalue weighted by atomic mass is 9.92. The van der Waals surface area contributed by atoms with Crippen LogP contribution >= 0.6 is 0 Å². The molecule has 5 N–H and O–H groups in total. The number of amides is 3. The van der Waals surface area contributed by atoms with E-state index in [0.29, 0.717) is 37.7 Å². The van der Waals surface area contributed by atoms with Crippen LogP contribution in [-0.2, 0) is 19.6 Å². The molecular formula is C21H26N4O6S. The standard InChI is InChI=1S/C21H26N4O6S/c22-32(30,31)21(28)24-25(29)20(27)18(16-10-4-1-5-11-16)14-8-3-9-15-19(26)23-17-12-6-2-7-13-17/h1-2,4-7,10-13,18,29H,3,8-9,14-15H2,(H,23,26)(H,24,28)(H2,22,30,31)/t18-/m0/s1. The molecular weight excluding hydrogens is 436 g/mol. The Morgan fingerprint density at radius 3 is 2.12 bits per heavy atom. The lowest BCUT2D eigenvalue weighted by Gasteiger charge is -2.22. The van der Waals surface area contributed by atoms with Gasteiger partial charge in [0.15, 0.2) is 0 Å². The number of nitrogens with one attached hydrogen (secondary N) is 2. The molecule has 0 bridgehead atoms. The van der Waals surface area contributed by atoms with Crippen LogP contribution < -0.4 is 15.9 Å². The summed E-state index contributed by atoms with van der Waals surface area (Å²) in [6, 6.07) is 17.7. The molecule has 2 aromatic rings. The monoisotopic (exact) mass is 462 g/mol. The van der Waals surface area contributed by atoms with Gasteiger partial charge in [-0.3, -0.25) is 19.6 Å². The molecule has 1 atom stereocenters. The van der Waals surface area contributed by atoms with E-state index in [1.54, 1.807) is 47.9 Å². The summed E-state index contributed by atoms with van der Waals surface area (Å²) in [5, 5.41) is 15.5. The summed E-state index contributed by atoms with van der Waals surface area (Å²) < 4.78 is 22.1. The number of unbranched alkanes of at least 4 members (excludes halogenated alkanes) is 2. The van der Waals surface area contributed by atoms with Crippen LogP contribution in [0.2, 0.25) is 0 Å². The molecule has 0 saturated heterocycles. The second-order valence-corrected chi connectivity index (χ2v) is 8.53. The molecule has 0 aliphatic carbocycles. The minimum Gasteiger partial charge on any atom is -0.326 e. The minimum atomic E-state index is -4.62. The van der Waals surface area contributed by atoms with Crippen molar-refractivity contribution in [3.8, 4) is 0 Å². The Labute approximate surface area is 186 Å². The fourth-order valence-electron chi connectivity index (χ4n) is 3.03. The van der Waals surface area contributed by atoms with Gasteiger partial charge in [0.25, 0.3) is 15.9 Å². The van der Waals surface area contributed by atoms with Crippen LogP contribution in [0.1, 0.15) is 43.6 Å². The first-order valence-corrected chi connectivity index (χ1v) is 11.5. The zero-order valence-corrected chi connectivity index (χ0v) is 18.1. The fourth-order valence-corrected chi connectivity index (χ4v) is 3.24. The summed E-state index contributed by atoms with van der Waals surface area (Å²) in [5.74, 6) is -1.85. The molecule has 32 heavy (non-hydrogen) atoms. The predicted molar refractivity (Wildman–Crippen MR) is 118 cm³/mol. The molecule has 0 aromatic heterocycles. The summed E-state index contributed by atoms with van der Waals surface area (Å²) in [5.41, 5.74) is 2.85. The second-order valence-electron chi connectivity index (χ2n) is 7.07. The van der Waals surface area contributed by atoms with Gasteiger partial charge in [-0.2, -0.15) is 0 Å². The Hall–Kier alpha value is -3.28. The van der Waals surface area contributed by atoms with Gasteiger partial charge in [-0.1, -0.05) is 61.4 Å². The number of hydrogen-bond acceptors (Lipinski definition) is 6. The van der Waals surface area contributed by atoms with Crippen LogP contribution in [0, 0.1) is 0 Å². The highest BCUT2D eigenvalue weighted by Crippen LogP contribution is 2.24. The third kappa shape index (κ3) is 8.10. The quantitative estimate of drug-likeness (QED) is 0.254. The summed E-state index contributed by atoms with van der Waals surface area (Å²) in [6.45, 7) is 0. The third-order valence-corrected chi connectivity index (χ3v) is 5.23. The molecule has 0 saturated carbocycles. The summed E-state index contributed by atoms with van der Waals surface area (Å²) in [7, 11) is -4.62. The first kappa shape index (κ1) is 25.0. The van der Waals surface area contributed by atoms with Crippen molar-refractivity contribution in [3.63, 3.8) is 0 Å². The molecule has 0 aliphatic rings. The van der Waals surface area contributed by atoms with E-state index in [4.69, 9.17) is 0 Å². The molecule has 3 amide bonds. The van der Waals surface area contributed by atoms with Gasteiger partial charge in [0.05, 0.1) is 5.92 Å². The maximum atomic E-state index is 12.6. The molecule has 0 fully saturated rings. The normalized spacial score (nSPS) is 11.9. The topological polar surface area (TPSA) is 159 Å². The number of rotatable bonds is 9. The van der Waals surface area contributed by atoms with Gasteiger partial charge < -0.3 is 5.32 Å². The van der Waals surface area contributed by atoms with Crippen molar-refractivity contribution in [1.29, 1.82) is 0 Å². The second kappa shape index (κ2) is 11.9. The molecule has 11 heteroatoms. The molecule has 172 valence electrons. The number of benzene rings is 2. The van der Waals surface area contributed by atoms with E-state index < -0.39 is 27.1 Å². The minimum absolute atomic E-state index is 0.112. The smallest absolute Gasteiger partial charge is 0.326 e. The van der Waals surface area contributed by atoms with Crippen molar-refractivity contribution in [1.82, 2.24) is 10.6 Å². The van der Waals surface area contributed by atoms with Gasteiger partial charge in [-0.15, -0.1) is 5.17 Å². The number of hydroxylamine groups is 1. The van der Waals surface area contributed by atoms with Crippen LogP contribution in [0.25, 0.3) is 0 Å². The Bertz CT molecular complexity index is 1020. The van der Waals surface area contributed by atoms with Gasteiger partial charge >= 0.3 is 5.24 Å². The van der Waals surface area contributed by atoms with Crippen molar-refractivity contribution in [2.45, 2.75) is 38.0 Å². The highest BCUT2D eigenvalue weighted by atomic mass is 32.2. The van der Waals surface area contributed by atoms with Crippen LogP contribution in [0.15, 0.2) is 60.7 Å². The number of hydrogen-bond donors (Lipinski definition) is 4. The average Bonchev–Trinajstić information content (AvgIpc) is 2.76. The van der Waals surface area contributed by atoms with Crippen LogP contribution in [-0.4, -0.2) is 35.9 Å². The average molecular weight is 463 g/mol. The zero-order chi connectivity index (χ0) is 23.6. The number of carbonyl (C=O) groups excluding carboxylic acids is 3. The predicted octanol–water partition coefficient (Wildman–Crippen LogP) is 2.49. The Kier molecular flexibility index (Phi) is 9.32. The SMILES string of the molecule is NS(=O)(=O)C(=O)NN(O)C(=O)[C@@H](CCCCCC(=O)Nc1ccccc1)c1ccccc1. The number of hydrazine groups is 1. The molecule has 10 nitrogen and oxygen atoms in total. The van der Waals surface area contributed by atoms with Crippen LogP contribution in [0.4, 0.5) is 10.5 Å². The van der Waals surface area contributed by atoms with E-state index in [1.807, 2.05) is 18.2 Å². The molecule has 0 heterocycles. The lowest BCUT2D eigenvalue weighted by molar-refractivity contribution is -0.176. The molecule has 0 spiro atoms. The molecule has 2 aromatic carbocycles. The van der Waals surface area contributed by atoms with Crippen LogP contribution in [0.3, 0.4) is 0 Å². The Morgan fingerprint density at radius 2 is 1.53 bits per heavy atom. The first-order chi connectivity index (χ1) is 15.2. The highest BCUT2D eigenvalue weighted by molar-refractivity contribution is 8.04. The van der Waals surface area contributed by atoms with E-state index in [0.717, 1.165) is 5.69 Å². The van der Waals surface area contributed by atoms with Crippen molar-refractivity contribution in [3.05, 3.63) is 66.2 Å². The fraction of sp³-hybridized carbons (Fsp3) is 0.286. The number of para-hydroxylation sites is 1. The Morgan fingerprint density at radius 1 is 0.938 bits per heavy atom. The van der Waals surface area contributed by atoms with Crippen molar-refractivity contribution in [2.75, 3.05) is 5.32 Å². The summed E-state index contributed by atoms with van der Waals surface area (Å²) in [4.78, 5) is 36.1. The number of anilines is 1. The number of nitrogens with zero attached hydrogens (tertiary/aromatic N) is 1. The maximum Gasteiger partial charge on any atom is 0.371 e. The van der Waals surface area contributed by atoms with Gasteiger partial charge in [0.2, 0.25) is 5.91 Å². The molecule has 0 unspecified atom stereocenters. The van der Waals surface area contributed by atoms with Crippen molar-refractivity contribution >= 4 is 32.8 Å². The van der Waals surface area contributed by atoms with Crippen molar-refractivity contribution < 1.29 is 28.0 Å². The lowest BCUT2D eigenvalue weighted by Crippen LogP contribution is -2.49. The largest absolute Gasteiger partial charge is 0.371 e. The molecule has 0 aliphatic heterocycles. The van der Waals surface area contributed by atoms with Crippen LogP contribution in [0.5, 0.6) is 0 Å². The van der Waals surface area contributed by atoms with E-state index >= 15 is 0 Å². The summed E-state index contributed by atoms with van der Waals surface area (Å²) in [6.07, 6.45) is 2.43. The number of carbonyl (C=O) groups is 3. The number of sulfonamides is 1. The van der Waals surface area contributed by atoms with Gasteiger partial charge in [-0.25, -0.2) is 19.0 Å². The van der Waals surface area contributed by atoms with E-state index in [9.17, 15) is 28.0 Å². The zero-order valence-electron chi connectivity index (χ0n) is 17.3. The van der Waals surface area contributed by atoms with Crippen molar-refractivity contribution in [2.24, 2.45) is 5.14 Å². The molecule has 2 rings (SSSR count). The first-order valence-electron chi connectivity index (χ1n) is 9.94. The third-order valence-electron chi connectivity index (χ3n) is 4.62. The summed E-state index contributed by atoms with van der Waals surface area (Å²) >= 11 is 0. The number of primary sulfonamides is 1. The van der Waals surface area contributed by atoms with E-state index in [-0.39, 0.29) is 11.1 Å².